The third kappa shape index (κ3) is 10.6. The Morgan fingerprint density at radius 3 is 2.63 bits per heavy atom. The van der Waals surface area contributed by atoms with Crippen LogP contribution in [0.5, 0.6) is 0 Å². The van der Waals surface area contributed by atoms with Crippen molar-refractivity contribution in [1.82, 2.24) is 19.8 Å². The normalized spacial score (nSPS) is 16.9. The summed E-state index contributed by atoms with van der Waals surface area (Å²) in [6.07, 6.45) is 13.7. The van der Waals surface area contributed by atoms with E-state index >= 15 is 0 Å². The van der Waals surface area contributed by atoms with Gasteiger partial charge in [-0.1, -0.05) is 43.4 Å². The lowest BCUT2D eigenvalue weighted by Gasteiger charge is -2.27. The maximum Gasteiger partial charge on any atom is 0.416 e. The molecule has 3 rings (SSSR count). The molecule has 0 bridgehead atoms. The van der Waals surface area contributed by atoms with Crippen LogP contribution in [0, 0.1) is 5.41 Å². The Bertz CT molecular complexity index is 1260. The third-order valence-electron chi connectivity index (χ3n) is 6.44. The van der Waals surface area contributed by atoms with E-state index in [0.29, 0.717) is 19.5 Å². The number of likely N-dealkylation sites (N-methyl/N-ethyl adjacent to an activating group) is 1. The first-order chi connectivity index (χ1) is 19.5. The highest BCUT2D eigenvalue weighted by Crippen LogP contribution is 2.31. The first-order valence-electron chi connectivity index (χ1n) is 13.6. The summed E-state index contributed by atoms with van der Waals surface area (Å²) >= 11 is 0. The van der Waals surface area contributed by atoms with Crippen LogP contribution in [-0.2, 0) is 17.8 Å². The zero-order valence-electron chi connectivity index (χ0n) is 24.6. The van der Waals surface area contributed by atoms with E-state index < -0.39 is 11.7 Å². The number of halogens is 3. The summed E-state index contributed by atoms with van der Waals surface area (Å²) in [6.45, 7) is 8.13. The predicted octanol–water partition coefficient (Wildman–Crippen LogP) is 6.17. The van der Waals surface area contributed by atoms with Crippen molar-refractivity contribution in [3.8, 4) is 0 Å². The summed E-state index contributed by atoms with van der Waals surface area (Å²) in [5.74, 6) is 0.0583. The number of nitrogens with zero attached hydrogens (tertiary/aromatic N) is 4. The Labute approximate surface area is 241 Å². The number of imidazole rings is 1. The predicted molar refractivity (Wildman–Crippen MR) is 160 cm³/mol. The molecule has 1 aromatic heterocycles. The molecule has 0 fully saturated rings. The minimum atomic E-state index is -4.37. The number of H-pyrrole nitrogens is 1. The van der Waals surface area contributed by atoms with Crippen molar-refractivity contribution in [3.05, 3.63) is 88.1 Å². The fourth-order valence-corrected chi connectivity index (χ4v) is 4.26. The molecule has 2 aliphatic rings. The minimum absolute atomic E-state index is 0.0400. The van der Waals surface area contributed by atoms with Crippen molar-refractivity contribution >= 4 is 18.3 Å². The Balaban J connectivity index is 0.000000337. The summed E-state index contributed by atoms with van der Waals surface area (Å²) < 4.78 is 37.5. The van der Waals surface area contributed by atoms with Crippen LogP contribution in [-0.4, -0.2) is 78.0 Å². The van der Waals surface area contributed by atoms with Gasteiger partial charge in [0.15, 0.2) is 0 Å². The highest BCUT2D eigenvalue weighted by atomic mass is 19.4. The van der Waals surface area contributed by atoms with Crippen LogP contribution in [0.3, 0.4) is 0 Å². The number of carbonyl (C=O) groups excluding carboxylic acids is 1. The van der Waals surface area contributed by atoms with Crippen molar-refractivity contribution < 1.29 is 18.0 Å². The van der Waals surface area contributed by atoms with Gasteiger partial charge >= 0.3 is 6.18 Å². The number of hydrogen-bond donors (Lipinski definition) is 2. The molecule has 0 aromatic carbocycles. The summed E-state index contributed by atoms with van der Waals surface area (Å²) in [4.78, 5) is 28.9. The number of aromatic nitrogens is 2. The fourth-order valence-electron chi connectivity index (χ4n) is 4.26. The van der Waals surface area contributed by atoms with E-state index in [2.05, 4.69) is 52.2 Å². The Morgan fingerprint density at radius 2 is 2.00 bits per heavy atom. The molecule has 0 atom stereocenters. The van der Waals surface area contributed by atoms with Crippen LogP contribution in [0.4, 0.5) is 13.2 Å². The molecule has 0 aliphatic carbocycles. The first kappa shape index (κ1) is 33.4. The van der Waals surface area contributed by atoms with Gasteiger partial charge in [-0.25, -0.2) is 4.98 Å². The Kier molecular flexibility index (Phi) is 13.4. The molecule has 0 saturated heterocycles. The molecule has 1 amide bonds. The number of amides is 1. The van der Waals surface area contributed by atoms with Gasteiger partial charge in [0.05, 0.1) is 35.4 Å². The minimum Gasteiger partial charge on any atom is -0.347 e. The second-order valence-corrected chi connectivity index (χ2v) is 9.89. The van der Waals surface area contributed by atoms with E-state index in [1.165, 1.54) is 18.6 Å². The monoisotopic (exact) mass is 570 g/mol. The van der Waals surface area contributed by atoms with E-state index in [1.54, 1.807) is 18.6 Å². The largest absolute Gasteiger partial charge is 0.416 e. The van der Waals surface area contributed by atoms with Crippen LogP contribution in [0.2, 0.25) is 0 Å². The number of dihydropyridines is 1. The van der Waals surface area contributed by atoms with Crippen LogP contribution in [0.15, 0.2) is 81.7 Å². The smallest absolute Gasteiger partial charge is 0.347 e. The maximum absolute atomic E-state index is 13.1. The number of aliphatic imine (C=N–C) groups is 1. The number of allylic oxidation sites excluding steroid dienone is 8. The second kappa shape index (κ2) is 16.5. The molecule has 1 aromatic rings. The molecule has 0 radical (unpaired) electrons. The summed E-state index contributed by atoms with van der Waals surface area (Å²) in [5, 5.41) is 6.73. The van der Waals surface area contributed by atoms with Crippen LogP contribution >= 0.6 is 0 Å². The number of hydrogen-bond acceptors (Lipinski definition) is 5. The number of alkyl halides is 3. The summed E-state index contributed by atoms with van der Waals surface area (Å²) in [7, 11) is 4.11. The molecule has 41 heavy (non-hydrogen) atoms. The molecule has 2 aliphatic heterocycles. The lowest BCUT2D eigenvalue weighted by atomic mass is 9.99. The van der Waals surface area contributed by atoms with E-state index in [-0.39, 0.29) is 11.5 Å². The van der Waals surface area contributed by atoms with Crippen molar-refractivity contribution in [3.63, 3.8) is 0 Å². The molecular formula is C31H41F3N6O. The van der Waals surface area contributed by atoms with Crippen molar-refractivity contribution in [2.45, 2.75) is 52.8 Å². The van der Waals surface area contributed by atoms with Gasteiger partial charge in [-0.05, 0) is 63.6 Å². The Morgan fingerprint density at radius 1 is 1.24 bits per heavy atom. The molecular weight excluding hydrogens is 529 g/mol. The number of aromatic amines is 1. The molecule has 7 nitrogen and oxygen atoms in total. The SMILES string of the molecule is C/C=C(\C=C/C1=C(C(=O)N2CCc3nc[nH]c3C2)C=NCC1)CN(C)C.CC\C=C/C=C(\C(C)=C\C=N)C(F)(F)F. The molecule has 10 heteroatoms. The van der Waals surface area contributed by atoms with Crippen molar-refractivity contribution in [2.24, 2.45) is 4.99 Å². The van der Waals surface area contributed by atoms with Gasteiger partial charge in [-0.15, -0.1) is 0 Å². The summed E-state index contributed by atoms with van der Waals surface area (Å²) in [6, 6.07) is 0. The highest BCUT2D eigenvalue weighted by molar-refractivity contribution is 6.13. The number of fused-ring (bicyclic) bond motifs is 1. The molecule has 2 N–H and O–H groups in total. The lowest BCUT2D eigenvalue weighted by Crippen LogP contribution is -2.38. The Hall–Kier alpha value is -3.79. The van der Waals surface area contributed by atoms with Crippen LogP contribution < -0.4 is 0 Å². The second-order valence-electron chi connectivity index (χ2n) is 9.89. The maximum atomic E-state index is 13.1. The van der Waals surface area contributed by atoms with Crippen LogP contribution in [0.25, 0.3) is 0 Å². The zero-order chi connectivity index (χ0) is 30.4. The van der Waals surface area contributed by atoms with Gasteiger partial charge in [-0.3, -0.25) is 9.79 Å². The quantitative estimate of drug-likeness (QED) is 0.275. The van der Waals surface area contributed by atoms with Crippen molar-refractivity contribution in [1.29, 1.82) is 5.41 Å². The van der Waals surface area contributed by atoms with Crippen LogP contribution in [0.1, 0.15) is 45.0 Å². The summed E-state index contributed by atoms with van der Waals surface area (Å²) in [5.41, 5.74) is 4.46. The van der Waals surface area contributed by atoms with Gasteiger partial charge in [0, 0.05) is 38.5 Å². The highest BCUT2D eigenvalue weighted by Gasteiger charge is 2.33. The van der Waals surface area contributed by atoms with E-state index in [9.17, 15) is 18.0 Å². The molecule has 3 heterocycles. The van der Waals surface area contributed by atoms with Gasteiger partial charge in [0.2, 0.25) is 0 Å². The fraction of sp³-hybridized carbons (Fsp3) is 0.419. The third-order valence-corrected chi connectivity index (χ3v) is 6.44. The topological polar surface area (TPSA) is 88.4 Å². The van der Waals surface area contributed by atoms with Gasteiger partial charge in [-0.2, -0.15) is 13.2 Å². The van der Waals surface area contributed by atoms with Gasteiger partial charge in [0.25, 0.3) is 5.91 Å². The van der Waals surface area contributed by atoms with Gasteiger partial charge in [0.1, 0.15) is 0 Å². The lowest BCUT2D eigenvalue weighted by molar-refractivity contribution is -0.127. The molecule has 0 saturated carbocycles. The number of carbonyl (C=O) groups is 1. The standard InChI is InChI=1S/C20H27N5O.C11H14F3N/c1-4-15(12-24(2)3)5-6-16-7-9-21-11-17(16)20(26)25-10-8-18-19(13-25)23-14-22-18;1-3-4-5-6-10(11(12,13)14)9(2)7-8-15/h4-6,11,14H,7-10,12-13H2,1-3H3,(H,22,23);4-8,15H,3H2,1-2H3/b6-5-,15-4+;5-4-,9-7+,10-6+,15-8?. The number of rotatable bonds is 9. The molecule has 222 valence electrons. The molecule has 0 spiro atoms. The molecule has 0 unspecified atom stereocenters. The average molecular weight is 571 g/mol. The van der Waals surface area contributed by atoms with E-state index in [0.717, 1.165) is 66.8 Å². The van der Waals surface area contributed by atoms with E-state index in [4.69, 9.17) is 5.41 Å². The van der Waals surface area contributed by atoms with Crippen molar-refractivity contribution in [2.75, 3.05) is 33.7 Å². The zero-order valence-corrected chi connectivity index (χ0v) is 24.6. The average Bonchev–Trinajstić information content (AvgIpc) is 3.41. The van der Waals surface area contributed by atoms with E-state index in [1.807, 2.05) is 18.7 Å². The van der Waals surface area contributed by atoms with Gasteiger partial charge < -0.3 is 20.2 Å². The number of nitrogens with one attached hydrogen (secondary N) is 2. The first-order valence-corrected chi connectivity index (χ1v) is 13.6.